The molecule has 0 saturated heterocycles. The third kappa shape index (κ3) is 4.12. The molecule has 0 aromatic carbocycles. The van der Waals surface area contributed by atoms with E-state index in [-0.39, 0.29) is 0 Å². The zero-order valence-electron chi connectivity index (χ0n) is 10.4. The highest BCUT2D eigenvalue weighted by atomic mass is 16.5. The van der Waals surface area contributed by atoms with Crippen LogP contribution in [-0.2, 0) is 11.3 Å². The monoisotopic (exact) mass is 224 g/mol. The standard InChI is InChI=1S/C11H20N4O/c1-9-7-10(8-12-5-6-16-4)14-11(13-9)15(2)3/h7,12H,5-6,8H2,1-4H3. The molecule has 1 heterocycles. The number of nitrogens with zero attached hydrogens (tertiary/aromatic N) is 3. The minimum atomic E-state index is 0.713. The van der Waals surface area contributed by atoms with Crippen LogP contribution in [0.1, 0.15) is 11.4 Å². The van der Waals surface area contributed by atoms with Crippen molar-refractivity contribution in [3.8, 4) is 0 Å². The summed E-state index contributed by atoms with van der Waals surface area (Å²) in [6, 6.07) is 1.99. The Morgan fingerprint density at radius 2 is 2.12 bits per heavy atom. The smallest absolute Gasteiger partial charge is 0.225 e. The number of rotatable bonds is 6. The number of methoxy groups -OCH3 is 1. The van der Waals surface area contributed by atoms with Crippen molar-refractivity contribution in [2.75, 3.05) is 39.3 Å². The van der Waals surface area contributed by atoms with Gasteiger partial charge < -0.3 is 15.0 Å². The largest absolute Gasteiger partial charge is 0.383 e. The normalized spacial score (nSPS) is 10.5. The average Bonchev–Trinajstić information content (AvgIpc) is 2.23. The van der Waals surface area contributed by atoms with E-state index >= 15 is 0 Å². The summed E-state index contributed by atoms with van der Waals surface area (Å²) in [5, 5.41) is 3.26. The molecule has 0 aliphatic carbocycles. The molecule has 0 atom stereocenters. The Morgan fingerprint density at radius 1 is 1.38 bits per heavy atom. The Balaban J connectivity index is 2.58. The molecule has 5 nitrogen and oxygen atoms in total. The van der Waals surface area contributed by atoms with Crippen LogP contribution in [0.4, 0.5) is 5.95 Å². The quantitative estimate of drug-likeness (QED) is 0.717. The Hall–Kier alpha value is -1.20. The first kappa shape index (κ1) is 12.9. The molecular weight excluding hydrogens is 204 g/mol. The summed E-state index contributed by atoms with van der Waals surface area (Å²) in [5.41, 5.74) is 1.99. The summed E-state index contributed by atoms with van der Waals surface area (Å²) in [5.74, 6) is 0.753. The average molecular weight is 224 g/mol. The molecule has 0 radical (unpaired) electrons. The van der Waals surface area contributed by atoms with Gasteiger partial charge in [-0.1, -0.05) is 0 Å². The van der Waals surface area contributed by atoms with Gasteiger partial charge in [0, 0.05) is 40.0 Å². The lowest BCUT2D eigenvalue weighted by atomic mass is 10.3. The molecule has 0 fully saturated rings. The Morgan fingerprint density at radius 3 is 2.75 bits per heavy atom. The van der Waals surface area contributed by atoms with Gasteiger partial charge in [0.25, 0.3) is 0 Å². The molecule has 1 rings (SSSR count). The fraction of sp³-hybridized carbons (Fsp3) is 0.636. The number of anilines is 1. The molecular formula is C11H20N4O. The fourth-order valence-electron chi connectivity index (χ4n) is 1.30. The number of hydrogen-bond donors (Lipinski definition) is 1. The first-order valence-electron chi connectivity index (χ1n) is 5.35. The van der Waals surface area contributed by atoms with Gasteiger partial charge in [-0.15, -0.1) is 0 Å². The summed E-state index contributed by atoms with van der Waals surface area (Å²) in [7, 11) is 5.58. The zero-order chi connectivity index (χ0) is 12.0. The van der Waals surface area contributed by atoms with Gasteiger partial charge in [-0.3, -0.25) is 0 Å². The van der Waals surface area contributed by atoms with E-state index in [9.17, 15) is 0 Å². The second-order valence-electron chi connectivity index (χ2n) is 3.86. The number of ether oxygens (including phenoxy) is 1. The maximum Gasteiger partial charge on any atom is 0.225 e. The Bertz CT molecular complexity index is 328. The van der Waals surface area contributed by atoms with Crippen LogP contribution < -0.4 is 10.2 Å². The third-order valence-corrected chi connectivity index (χ3v) is 2.08. The van der Waals surface area contributed by atoms with Crippen LogP contribution in [0, 0.1) is 6.92 Å². The minimum Gasteiger partial charge on any atom is -0.383 e. The van der Waals surface area contributed by atoms with Crippen molar-refractivity contribution in [3.63, 3.8) is 0 Å². The predicted molar refractivity (Wildman–Crippen MR) is 64.7 cm³/mol. The minimum absolute atomic E-state index is 0.713. The SMILES string of the molecule is COCCNCc1cc(C)nc(N(C)C)n1. The van der Waals surface area contributed by atoms with Crippen molar-refractivity contribution in [1.29, 1.82) is 0 Å². The Labute approximate surface area is 96.8 Å². The second-order valence-corrected chi connectivity index (χ2v) is 3.86. The molecule has 0 spiro atoms. The van der Waals surface area contributed by atoms with Gasteiger partial charge in [-0.2, -0.15) is 0 Å². The number of aromatic nitrogens is 2. The summed E-state index contributed by atoms with van der Waals surface area (Å²) in [4.78, 5) is 10.7. The van der Waals surface area contributed by atoms with E-state index in [1.807, 2.05) is 32.0 Å². The molecule has 0 aliphatic rings. The van der Waals surface area contributed by atoms with Gasteiger partial charge in [0.15, 0.2) is 0 Å². The highest BCUT2D eigenvalue weighted by Gasteiger charge is 2.03. The molecule has 0 amide bonds. The van der Waals surface area contributed by atoms with Gasteiger partial charge in [-0.05, 0) is 13.0 Å². The van der Waals surface area contributed by atoms with Gasteiger partial charge in [-0.25, -0.2) is 9.97 Å². The van der Waals surface area contributed by atoms with E-state index in [0.29, 0.717) is 6.61 Å². The fourth-order valence-corrected chi connectivity index (χ4v) is 1.30. The predicted octanol–water partition coefficient (Wildman–Crippen LogP) is 0.587. The van der Waals surface area contributed by atoms with Crippen molar-refractivity contribution in [2.45, 2.75) is 13.5 Å². The van der Waals surface area contributed by atoms with E-state index in [4.69, 9.17) is 4.74 Å². The first-order valence-corrected chi connectivity index (χ1v) is 5.35. The van der Waals surface area contributed by atoms with Gasteiger partial charge in [0.1, 0.15) is 0 Å². The molecule has 16 heavy (non-hydrogen) atoms. The molecule has 90 valence electrons. The first-order chi connectivity index (χ1) is 7.63. The number of hydrogen-bond acceptors (Lipinski definition) is 5. The van der Waals surface area contributed by atoms with E-state index < -0.39 is 0 Å². The van der Waals surface area contributed by atoms with Crippen molar-refractivity contribution in [2.24, 2.45) is 0 Å². The lowest BCUT2D eigenvalue weighted by Gasteiger charge is -2.12. The van der Waals surface area contributed by atoms with Crippen molar-refractivity contribution >= 4 is 5.95 Å². The third-order valence-electron chi connectivity index (χ3n) is 2.08. The van der Waals surface area contributed by atoms with E-state index in [0.717, 1.165) is 30.4 Å². The van der Waals surface area contributed by atoms with Crippen molar-refractivity contribution < 1.29 is 4.74 Å². The molecule has 0 saturated carbocycles. The van der Waals surface area contributed by atoms with E-state index in [2.05, 4.69) is 15.3 Å². The van der Waals surface area contributed by atoms with Crippen LogP contribution in [0.2, 0.25) is 0 Å². The van der Waals surface area contributed by atoms with Crippen LogP contribution in [0.3, 0.4) is 0 Å². The Kier molecular flexibility index (Phi) is 5.14. The van der Waals surface area contributed by atoms with Crippen LogP contribution >= 0.6 is 0 Å². The maximum absolute atomic E-state index is 4.96. The topological polar surface area (TPSA) is 50.3 Å². The molecule has 0 bridgehead atoms. The second kappa shape index (κ2) is 6.40. The summed E-state index contributed by atoms with van der Waals surface area (Å²) < 4.78 is 4.96. The van der Waals surface area contributed by atoms with Crippen LogP contribution in [0.25, 0.3) is 0 Å². The van der Waals surface area contributed by atoms with Crippen LogP contribution in [0.5, 0.6) is 0 Å². The molecule has 1 aromatic heterocycles. The zero-order valence-corrected chi connectivity index (χ0v) is 10.4. The molecule has 1 N–H and O–H groups in total. The van der Waals surface area contributed by atoms with Crippen molar-refractivity contribution in [3.05, 3.63) is 17.5 Å². The lowest BCUT2D eigenvalue weighted by molar-refractivity contribution is 0.199. The van der Waals surface area contributed by atoms with Gasteiger partial charge in [0.2, 0.25) is 5.95 Å². The van der Waals surface area contributed by atoms with Gasteiger partial charge >= 0.3 is 0 Å². The van der Waals surface area contributed by atoms with E-state index in [1.165, 1.54) is 0 Å². The molecule has 5 heteroatoms. The van der Waals surface area contributed by atoms with Crippen LogP contribution in [-0.4, -0.2) is 44.3 Å². The summed E-state index contributed by atoms with van der Waals surface area (Å²) in [6.45, 7) is 4.27. The van der Waals surface area contributed by atoms with Crippen molar-refractivity contribution in [1.82, 2.24) is 15.3 Å². The molecule has 0 unspecified atom stereocenters. The number of aryl methyl sites for hydroxylation is 1. The molecule has 1 aromatic rings. The maximum atomic E-state index is 4.96. The highest BCUT2D eigenvalue weighted by Crippen LogP contribution is 2.06. The number of nitrogens with one attached hydrogen (secondary N) is 1. The highest BCUT2D eigenvalue weighted by molar-refractivity contribution is 5.29. The lowest BCUT2D eigenvalue weighted by Crippen LogP contribution is -2.21. The summed E-state index contributed by atoms with van der Waals surface area (Å²) in [6.07, 6.45) is 0. The molecule has 0 aliphatic heterocycles. The van der Waals surface area contributed by atoms with E-state index in [1.54, 1.807) is 7.11 Å². The van der Waals surface area contributed by atoms with Gasteiger partial charge in [0.05, 0.1) is 12.3 Å². The summed E-state index contributed by atoms with van der Waals surface area (Å²) >= 11 is 0. The van der Waals surface area contributed by atoms with Crippen LogP contribution in [0.15, 0.2) is 6.07 Å².